The molecule has 0 spiro atoms. The number of halogens is 1. The summed E-state index contributed by atoms with van der Waals surface area (Å²) in [5.74, 6) is 0. The minimum absolute atomic E-state index is 0.180. The van der Waals surface area contributed by atoms with Gasteiger partial charge in [0.25, 0.3) is 0 Å². The van der Waals surface area contributed by atoms with E-state index in [-0.39, 0.29) is 6.54 Å². The molecule has 0 heterocycles. The van der Waals surface area contributed by atoms with Gasteiger partial charge in [0.1, 0.15) is 5.67 Å². The van der Waals surface area contributed by atoms with E-state index in [4.69, 9.17) is 5.73 Å². The lowest BCUT2D eigenvalue weighted by molar-refractivity contribution is 0.149. The molecule has 0 aliphatic heterocycles. The molecule has 1 nitrogen and oxygen atoms in total. The Morgan fingerprint density at radius 2 is 1.47 bits per heavy atom. The van der Waals surface area contributed by atoms with Gasteiger partial charge in [-0.3, -0.25) is 0 Å². The van der Waals surface area contributed by atoms with Gasteiger partial charge in [0.05, 0.1) is 0 Å². The molecule has 1 atom stereocenters. The standard InChI is InChI=1S/C13H28FN/c1-3-5-6-7-8-9-10-11-13(14,4-2)12-15/h3-12,15H2,1-2H3. The van der Waals surface area contributed by atoms with Crippen LogP contribution in [0.15, 0.2) is 0 Å². The van der Waals surface area contributed by atoms with Crippen LogP contribution < -0.4 is 5.73 Å². The molecule has 2 heteroatoms. The molecular formula is C13H28FN. The van der Waals surface area contributed by atoms with E-state index in [0.29, 0.717) is 12.8 Å². The molecule has 0 rings (SSSR count). The summed E-state index contributed by atoms with van der Waals surface area (Å²) >= 11 is 0. The highest BCUT2D eigenvalue weighted by atomic mass is 19.1. The van der Waals surface area contributed by atoms with Crippen LogP contribution in [-0.2, 0) is 0 Å². The topological polar surface area (TPSA) is 26.0 Å². The Hall–Kier alpha value is -0.110. The maximum Gasteiger partial charge on any atom is 0.122 e. The van der Waals surface area contributed by atoms with Gasteiger partial charge < -0.3 is 5.73 Å². The molecule has 0 amide bonds. The normalized spacial score (nSPS) is 15.2. The zero-order chi connectivity index (χ0) is 11.6. The molecule has 2 N–H and O–H groups in total. The van der Waals surface area contributed by atoms with Gasteiger partial charge in [0.2, 0.25) is 0 Å². The molecule has 0 aromatic rings. The molecule has 0 aliphatic rings. The Balaban J connectivity index is 3.29. The number of unbranched alkanes of at least 4 members (excludes halogenated alkanes) is 6. The van der Waals surface area contributed by atoms with E-state index in [1.807, 2.05) is 6.92 Å². The number of rotatable bonds is 10. The third-order valence-electron chi connectivity index (χ3n) is 3.23. The zero-order valence-corrected chi connectivity index (χ0v) is 10.5. The molecule has 0 aromatic carbocycles. The Bertz CT molecular complexity index is 132. The van der Waals surface area contributed by atoms with Crippen molar-refractivity contribution >= 4 is 0 Å². The molecule has 15 heavy (non-hydrogen) atoms. The van der Waals surface area contributed by atoms with Crippen molar-refractivity contribution in [1.29, 1.82) is 0 Å². The maximum atomic E-state index is 13.8. The summed E-state index contributed by atoms with van der Waals surface area (Å²) < 4.78 is 13.8. The molecule has 0 bridgehead atoms. The smallest absolute Gasteiger partial charge is 0.122 e. The quantitative estimate of drug-likeness (QED) is 0.545. The van der Waals surface area contributed by atoms with Crippen LogP contribution >= 0.6 is 0 Å². The molecule has 0 saturated carbocycles. The van der Waals surface area contributed by atoms with Crippen molar-refractivity contribution in [3.05, 3.63) is 0 Å². The highest BCUT2D eigenvalue weighted by molar-refractivity contribution is 4.77. The fourth-order valence-electron chi connectivity index (χ4n) is 1.82. The lowest BCUT2D eigenvalue weighted by atomic mass is 9.95. The van der Waals surface area contributed by atoms with E-state index in [1.54, 1.807) is 0 Å². The summed E-state index contributed by atoms with van der Waals surface area (Å²) in [4.78, 5) is 0. The zero-order valence-electron chi connectivity index (χ0n) is 10.5. The monoisotopic (exact) mass is 217 g/mol. The van der Waals surface area contributed by atoms with Gasteiger partial charge in [-0.1, -0.05) is 58.8 Å². The highest BCUT2D eigenvalue weighted by Crippen LogP contribution is 2.22. The van der Waals surface area contributed by atoms with Crippen LogP contribution in [0.25, 0.3) is 0 Å². The first-order valence-electron chi connectivity index (χ1n) is 6.57. The fourth-order valence-corrected chi connectivity index (χ4v) is 1.82. The summed E-state index contributed by atoms with van der Waals surface area (Å²) in [6.07, 6.45) is 9.88. The van der Waals surface area contributed by atoms with Crippen molar-refractivity contribution in [3.8, 4) is 0 Å². The Labute approximate surface area is 94.6 Å². The van der Waals surface area contributed by atoms with Crippen molar-refractivity contribution in [3.63, 3.8) is 0 Å². The van der Waals surface area contributed by atoms with Gasteiger partial charge in [-0.15, -0.1) is 0 Å². The molecule has 0 fully saturated rings. The molecule has 0 aromatic heterocycles. The molecule has 1 unspecified atom stereocenters. The maximum absolute atomic E-state index is 13.8. The number of hydrogen-bond donors (Lipinski definition) is 1. The van der Waals surface area contributed by atoms with Crippen LogP contribution in [0.4, 0.5) is 4.39 Å². The van der Waals surface area contributed by atoms with E-state index in [0.717, 1.165) is 12.8 Å². The van der Waals surface area contributed by atoms with E-state index in [1.165, 1.54) is 32.1 Å². The summed E-state index contributed by atoms with van der Waals surface area (Å²) in [6, 6.07) is 0. The Morgan fingerprint density at radius 3 is 1.93 bits per heavy atom. The summed E-state index contributed by atoms with van der Waals surface area (Å²) in [6.45, 7) is 4.29. The Morgan fingerprint density at radius 1 is 0.933 bits per heavy atom. The molecular weight excluding hydrogens is 189 g/mol. The number of hydrogen-bond acceptors (Lipinski definition) is 1. The largest absolute Gasteiger partial charge is 0.328 e. The summed E-state index contributed by atoms with van der Waals surface area (Å²) in [7, 11) is 0. The first-order valence-corrected chi connectivity index (χ1v) is 6.57. The number of nitrogens with two attached hydrogens (primary N) is 1. The summed E-state index contributed by atoms with van der Waals surface area (Å²) in [5.41, 5.74) is 4.33. The van der Waals surface area contributed by atoms with Crippen molar-refractivity contribution in [2.45, 2.75) is 77.3 Å². The van der Waals surface area contributed by atoms with Crippen molar-refractivity contribution in [1.82, 2.24) is 0 Å². The number of alkyl halides is 1. The molecule has 0 aliphatic carbocycles. The van der Waals surface area contributed by atoms with Crippen LogP contribution in [0.2, 0.25) is 0 Å². The average Bonchev–Trinajstić information content (AvgIpc) is 2.27. The molecule has 92 valence electrons. The van der Waals surface area contributed by atoms with E-state index in [9.17, 15) is 4.39 Å². The van der Waals surface area contributed by atoms with Gasteiger partial charge in [-0.05, 0) is 12.8 Å². The first kappa shape index (κ1) is 14.9. The van der Waals surface area contributed by atoms with Gasteiger partial charge in [0.15, 0.2) is 0 Å². The van der Waals surface area contributed by atoms with Gasteiger partial charge in [0, 0.05) is 6.54 Å². The first-order chi connectivity index (χ1) is 7.18. The second-order valence-corrected chi connectivity index (χ2v) is 4.58. The predicted octanol–water partition coefficient (Wildman–Crippen LogP) is 4.20. The average molecular weight is 217 g/mol. The van der Waals surface area contributed by atoms with Gasteiger partial charge >= 0.3 is 0 Å². The second kappa shape index (κ2) is 9.14. The molecule has 0 radical (unpaired) electrons. The minimum Gasteiger partial charge on any atom is -0.328 e. The highest BCUT2D eigenvalue weighted by Gasteiger charge is 2.24. The summed E-state index contributed by atoms with van der Waals surface area (Å²) in [5, 5.41) is 0. The van der Waals surface area contributed by atoms with Crippen molar-refractivity contribution < 1.29 is 4.39 Å². The minimum atomic E-state index is -1.09. The van der Waals surface area contributed by atoms with Gasteiger partial charge in [-0.2, -0.15) is 0 Å². The van der Waals surface area contributed by atoms with E-state index < -0.39 is 5.67 Å². The third-order valence-corrected chi connectivity index (χ3v) is 3.23. The van der Waals surface area contributed by atoms with Crippen LogP contribution in [-0.4, -0.2) is 12.2 Å². The Kier molecular flexibility index (Phi) is 9.07. The predicted molar refractivity (Wildman–Crippen MR) is 65.8 cm³/mol. The van der Waals surface area contributed by atoms with Crippen LogP contribution in [0.1, 0.15) is 71.6 Å². The lowest BCUT2D eigenvalue weighted by Crippen LogP contribution is -2.32. The lowest BCUT2D eigenvalue weighted by Gasteiger charge is -2.21. The van der Waals surface area contributed by atoms with Crippen LogP contribution in [0.3, 0.4) is 0 Å². The second-order valence-electron chi connectivity index (χ2n) is 4.58. The van der Waals surface area contributed by atoms with Crippen molar-refractivity contribution in [2.75, 3.05) is 6.54 Å². The van der Waals surface area contributed by atoms with Crippen LogP contribution in [0, 0.1) is 0 Å². The third kappa shape index (κ3) is 7.78. The van der Waals surface area contributed by atoms with Crippen LogP contribution in [0.5, 0.6) is 0 Å². The molecule has 0 saturated heterocycles. The fraction of sp³-hybridized carbons (Fsp3) is 1.00. The van der Waals surface area contributed by atoms with Crippen molar-refractivity contribution in [2.24, 2.45) is 5.73 Å². The van der Waals surface area contributed by atoms with Gasteiger partial charge in [-0.25, -0.2) is 4.39 Å². The SMILES string of the molecule is CCCCCCCCCC(F)(CC)CN. The van der Waals surface area contributed by atoms with E-state index >= 15 is 0 Å². The van der Waals surface area contributed by atoms with E-state index in [2.05, 4.69) is 6.92 Å².